The maximum Gasteiger partial charge on any atom is 0.118 e. The molecule has 0 radical (unpaired) electrons. The molecule has 0 aliphatic rings. The molecule has 0 aliphatic carbocycles. The molecule has 0 aliphatic heterocycles. The molecule has 2 aromatic carbocycles. The van der Waals surface area contributed by atoms with Gasteiger partial charge in [0.15, 0.2) is 0 Å². The van der Waals surface area contributed by atoms with Gasteiger partial charge in [-0.3, -0.25) is 0 Å². The summed E-state index contributed by atoms with van der Waals surface area (Å²) in [5, 5.41) is 0. The van der Waals surface area contributed by atoms with E-state index >= 15 is 0 Å². The Labute approximate surface area is 110 Å². The van der Waals surface area contributed by atoms with Crippen LogP contribution in [0.4, 0.5) is 0 Å². The first kappa shape index (κ1) is 12.1. The predicted molar refractivity (Wildman–Crippen MR) is 74.0 cm³/mol. The number of hydrogen-bond donors (Lipinski definition) is 1. The third-order valence-electron chi connectivity index (χ3n) is 2.69. The van der Waals surface area contributed by atoms with Crippen LogP contribution in [0.2, 0.25) is 0 Å². The Morgan fingerprint density at radius 1 is 1.06 bits per heavy atom. The van der Waals surface area contributed by atoms with Crippen LogP contribution in [0, 0.1) is 0 Å². The average Bonchev–Trinajstić information content (AvgIpc) is 2.39. The van der Waals surface area contributed by atoms with Gasteiger partial charge in [-0.1, -0.05) is 34.1 Å². The highest BCUT2D eigenvalue weighted by Gasteiger charge is 2.02. The van der Waals surface area contributed by atoms with Crippen molar-refractivity contribution in [1.82, 2.24) is 0 Å². The summed E-state index contributed by atoms with van der Waals surface area (Å²) in [6, 6.07) is 14.2. The van der Waals surface area contributed by atoms with Crippen molar-refractivity contribution in [2.24, 2.45) is 5.73 Å². The molecule has 0 heterocycles. The molecular weight excluding hydrogens is 278 g/mol. The largest absolute Gasteiger partial charge is 0.497 e. The summed E-state index contributed by atoms with van der Waals surface area (Å²) in [6.07, 6.45) is 0. The van der Waals surface area contributed by atoms with Gasteiger partial charge in [0.05, 0.1) is 7.11 Å². The van der Waals surface area contributed by atoms with Gasteiger partial charge in [0.2, 0.25) is 0 Å². The fourth-order valence-corrected chi connectivity index (χ4v) is 2.10. The minimum absolute atomic E-state index is 0.532. The van der Waals surface area contributed by atoms with Crippen LogP contribution in [-0.2, 0) is 6.54 Å². The highest BCUT2D eigenvalue weighted by molar-refractivity contribution is 9.10. The maximum absolute atomic E-state index is 5.69. The van der Waals surface area contributed by atoms with Gasteiger partial charge in [-0.2, -0.15) is 0 Å². The zero-order chi connectivity index (χ0) is 12.3. The van der Waals surface area contributed by atoms with Crippen LogP contribution in [-0.4, -0.2) is 7.11 Å². The number of rotatable bonds is 3. The molecule has 2 rings (SSSR count). The molecule has 17 heavy (non-hydrogen) atoms. The molecule has 0 saturated carbocycles. The van der Waals surface area contributed by atoms with Crippen molar-refractivity contribution in [1.29, 1.82) is 0 Å². The van der Waals surface area contributed by atoms with Gasteiger partial charge >= 0.3 is 0 Å². The van der Waals surface area contributed by atoms with Gasteiger partial charge in [0.1, 0.15) is 5.75 Å². The Morgan fingerprint density at radius 3 is 2.29 bits per heavy atom. The van der Waals surface area contributed by atoms with E-state index in [-0.39, 0.29) is 0 Å². The molecule has 3 heteroatoms. The van der Waals surface area contributed by atoms with Gasteiger partial charge in [-0.25, -0.2) is 0 Å². The van der Waals surface area contributed by atoms with Gasteiger partial charge in [-0.15, -0.1) is 0 Å². The normalized spacial score (nSPS) is 10.3. The monoisotopic (exact) mass is 291 g/mol. The summed E-state index contributed by atoms with van der Waals surface area (Å²) in [5.74, 6) is 0.866. The van der Waals surface area contributed by atoms with E-state index in [2.05, 4.69) is 28.1 Å². The van der Waals surface area contributed by atoms with Crippen LogP contribution in [0.15, 0.2) is 46.9 Å². The quantitative estimate of drug-likeness (QED) is 0.938. The van der Waals surface area contributed by atoms with Gasteiger partial charge in [0, 0.05) is 11.0 Å². The number of hydrogen-bond acceptors (Lipinski definition) is 2. The molecule has 0 atom stereocenters. The lowest BCUT2D eigenvalue weighted by Crippen LogP contribution is -1.97. The fourth-order valence-electron chi connectivity index (χ4n) is 1.69. The minimum atomic E-state index is 0.532. The van der Waals surface area contributed by atoms with Crippen LogP contribution >= 0.6 is 15.9 Å². The maximum atomic E-state index is 5.69. The van der Waals surface area contributed by atoms with E-state index < -0.39 is 0 Å². The van der Waals surface area contributed by atoms with E-state index in [1.807, 2.05) is 30.3 Å². The van der Waals surface area contributed by atoms with Crippen LogP contribution in [0.3, 0.4) is 0 Å². The Kier molecular flexibility index (Phi) is 3.82. The van der Waals surface area contributed by atoms with Crippen molar-refractivity contribution >= 4 is 15.9 Å². The van der Waals surface area contributed by atoms with Crippen molar-refractivity contribution < 1.29 is 4.74 Å². The summed E-state index contributed by atoms with van der Waals surface area (Å²) >= 11 is 3.49. The Morgan fingerprint density at radius 2 is 1.71 bits per heavy atom. The van der Waals surface area contributed by atoms with Crippen LogP contribution in [0.1, 0.15) is 5.56 Å². The molecule has 0 saturated heterocycles. The molecular formula is C14H14BrNO. The SMILES string of the molecule is COc1ccc(-c2ccc(Br)c(CN)c2)cc1. The van der Waals surface area contributed by atoms with Crippen LogP contribution in [0.5, 0.6) is 5.75 Å². The predicted octanol–water partition coefficient (Wildman–Crippen LogP) is 3.58. The minimum Gasteiger partial charge on any atom is -0.497 e. The van der Waals surface area contributed by atoms with E-state index in [0.29, 0.717) is 6.54 Å². The lowest BCUT2D eigenvalue weighted by molar-refractivity contribution is 0.415. The third kappa shape index (κ3) is 2.68. The molecule has 0 aromatic heterocycles. The Hall–Kier alpha value is -1.32. The number of methoxy groups -OCH3 is 1. The molecule has 0 spiro atoms. The lowest BCUT2D eigenvalue weighted by atomic mass is 10.0. The van der Waals surface area contributed by atoms with E-state index in [1.54, 1.807) is 7.11 Å². The zero-order valence-corrected chi connectivity index (χ0v) is 11.2. The van der Waals surface area contributed by atoms with Gasteiger partial charge in [-0.05, 0) is 41.0 Å². The number of nitrogens with two attached hydrogens (primary N) is 1. The summed E-state index contributed by atoms with van der Waals surface area (Å²) < 4.78 is 6.19. The van der Waals surface area contributed by atoms with E-state index in [9.17, 15) is 0 Å². The van der Waals surface area contributed by atoms with Crippen molar-refractivity contribution in [3.05, 3.63) is 52.5 Å². The number of ether oxygens (including phenoxy) is 1. The second-order valence-electron chi connectivity index (χ2n) is 3.74. The number of halogens is 1. The first-order valence-corrected chi connectivity index (χ1v) is 6.17. The van der Waals surface area contributed by atoms with Crippen molar-refractivity contribution in [3.63, 3.8) is 0 Å². The molecule has 2 nitrogen and oxygen atoms in total. The second-order valence-corrected chi connectivity index (χ2v) is 4.59. The van der Waals surface area contributed by atoms with E-state index in [1.165, 1.54) is 0 Å². The topological polar surface area (TPSA) is 35.2 Å². The highest BCUT2D eigenvalue weighted by atomic mass is 79.9. The number of benzene rings is 2. The van der Waals surface area contributed by atoms with E-state index in [0.717, 1.165) is 26.9 Å². The lowest BCUT2D eigenvalue weighted by Gasteiger charge is -2.07. The Balaban J connectivity index is 2.38. The molecule has 2 N–H and O–H groups in total. The molecule has 2 aromatic rings. The molecule has 88 valence electrons. The summed E-state index contributed by atoms with van der Waals surface area (Å²) in [6.45, 7) is 0.532. The second kappa shape index (κ2) is 5.34. The molecule has 0 amide bonds. The van der Waals surface area contributed by atoms with E-state index in [4.69, 9.17) is 10.5 Å². The highest BCUT2D eigenvalue weighted by Crippen LogP contribution is 2.26. The molecule has 0 bridgehead atoms. The van der Waals surface area contributed by atoms with Crippen molar-refractivity contribution in [2.75, 3.05) is 7.11 Å². The zero-order valence-electron chi connectivity index (χ0n) is 9.61. The third-order valence-corrected chi connectivity index (χ3v) is 3.46. The molecule has 0 fully saturated rings. The first-order valence-electron chi connectivity index (χ1n) is 5.37. The van der Waals surface area contributed by atoms with Gasteiger partial charge < -0.3 is 10.5 Å². The summed E-state index contributed by atoms with van der Waals surface area (Å²) in [4.78, 5) is 0. The first-order chi connectivity index (χ1) is 8.24. The smallest absolute Gasteiger partial charge is 0.118 e. The van der Waals surface area contributed by atoms with Crippen molar-refractivity contribution in [3.8, 4) is 16.9 Å². The average molecular weight is 292 g/mol. The van der Waals surface area contributed by atoms with Crippen LogP contribution in [0.25, 0.3) is 11.1 Å². The van der Waals surface area contributed by atoms with Crippen molar-refractivity contribution in [2.45, 2.75) is 6.54 Å². The molecule has 0 unspecified atom stereocenters. The Bertz CT molecular complexity index is 508. The summed E-state index contributed by atoms with van der Waals surface area (Å²) in [5.41, 5.74) is 9.13. The van der Waals surface area contributed by atoms with Crippen LogP contribution < -0.4 is 10.5 Å². The fraction of sp³-hybridized carbons (Fsp3) is 0.143. The standard InChI is InChI=1S/C14H14BrNO/c1-17-13-5-2-10(3-6-13)11-4-7-14(15)12(8-11)9-16/h2-8H,9,16H2,1H3. The van der Waals surface area contributed by atoms with Gasteiger partial charge in [0.25, 0.3) is 0 Å². The summed E-state index contributed by atoms with van der Waals surface area (Å²) in [7, 11) is 1.67.